The van der Waals surface area contributed by atoms with Crippen molar-refractivity contribution in [3.8, 4) is 0 Å². The van der Waals surface area contributed by atoms with E-state index in [2.05, 4.69) is 64.1 Å². The van der Waals surface area contributed by atoms with E-state index in [1.54, 1.807) is 0 Å². The number of ketones is 1. The lowest BCUT2D eigenvalue weighted by Gasteiger charge is -2.12. The molecule has 2 aromatic carbocycles. The first kappa shape index (κ1) is 24.4. The molecule has 0 spiro atoms. The van der Waals surface area contributed by atoms with Crippen molar-refractivity contribution in [1.29, 1.82) is 0 Å². The number of unbranched alkanes of at least 4 members (excludes halogenated alkanes) is 4. The fourth-order valence-electron chi connectivity index (χ4n) is 4.06. The third-order valence-electron chi connectivity index (χ3n) is 5.91. The van der Waals surface area contributed by atoms with Crippen LogP contribution in [-0.4, -0.2) is 5.78 Å². The van der Waals surface area contributed by atoms with Crippen LogP contribution in [0.15, 0.2) is 36.4 Å². The summed E-state index contributed by atoms with van der Waals surface area (Å²) in [6.07, 6.45) is 13.7. The molecule has 0 N–H and O–H groups in total. The van der Waals surface area contributed by atoms with Crippen LogP contribution in [0.2, 0.25) is 0 Å². The third-order valence-corrected chi connectivity index (χ3v) is 5.91. The highest BCUT2D eigenvalue weighted by Gasteiger charge is 2.14. The molecule has 164 valence electrons. The van der Waals surface area contributed by atoms with Crippen LogP contribution in [-0.2, 0) is 25.7 Å². The highest BCUT2D eigenvalue weighted by molar-refractivity contribution is 6.09. The molecule has 0 aliphatic heterocycles. The molecule has 0 atom stereocenters. The van der Waals surface area contributed by atoms with E-state index in [1.165, 1.54) is 73.6 Å². The molecule has 2 aromatic rings. The summed E-state index contributed by atoms with van der Waals surface area (Å²) in [5.41, 5.74) is 7.04. The Morgan fingerprint density at radius 2 is 0.767 bits per heavy atom. The van der Waals surface area contributed by atoms with Crippen molar-refractivity contribution in [2.45, 2.75) is 105 Å². The van der Waals surface area contributed by atoms with Crippen LogP contribution < -0.4 is 0 Å². The monoisotopic (exact) mass is 406 g/mol. The van der Waals surface area contributed by atoms with Crippen LogP contribution >= 0.6 is 0 Å². The number of carbonyl (C=O) groups excluding carboxylic acids is 1. The molecule has 0 saturated carbocycles. The van der Waals surface area contributed by atoms with Crippen molar-refractivity contribution in [2.75, 3.05) is 0 Å². The smallest absolute Gasteiger partial charge is 0.193 e. The molecule has 0 fully saturated rings. The van der Waals surface area contributed by atoms with Gasteiger partial charge < -0.3 is 0 Å². The van der Waals surface area contributed by atoms with E-state index >= 15 is 0 Å². The number of aryl methyl sites for hydroxylation is 4. The molecule has 0 aliphatic carbocycles. The van der Waals surface area contributed by atoms with E-state index in [-0.39, 0.29) is 5.78 Å². The molecule has 0 radical (unpaired) electrons. The SMILES string of the molecule is CCCCc1cc(CCCC)cc(C(=O)c2cc(CCCC)cc(CCCC)c2)c1. The van der Waals surface area contributed by atoms with Gasteiger partial charge in [-0.15, -0.1) is 0 Å². The van der Waals surface area contributed by atoms with Crippen LogP contribution in [0.4, 0.5) is 0 Å². The molecular formula is C29H42O. The van der Waals surface area contributed by atoms with E-state index < -0.39 is 0 Å². The molecule has 0 heterocycles. The van der Waals surface area contributed by atoms with E-state index in [0.717, 1.165) is 36.8 Å². The fourth-order valence-corrected chi connectivity index (χ4v) is 4.06. The lowest BCUT2D eigenvalue weighted by molar-refractivity contribution is 0.103. The minimum atomic E-state index is 0.196. The maximum absolute atomic E-state index is 13.6. The number of hydrogen-bond donors (Lipinski definition) is 0. The average molecular weight is 407 g/mol. The summed E-state index contributed by atoms with van der Waals surface area (Å²) in [6, 6.07) is 13.3. The van der Waals surface area contributed by atoms with Crippen LogP contribution in [0.5, 0.6) is 0 Å². The van der Waals surface area contributed by atoms with Gasteiger partial charge in [0.05, 0.1) is 0 Å². The highest BCUT2D eigenvalue weighted by atomic mass is 16.1. The minimum Gasteiger partial charge on any atom is -0.289 e. The van der Waals surface area contributed by atoms with Crippen LogP contribution in [0.3, 0.4) is 0 Å². The van der Waals surface area contributed by atoms with Crippen molar-refractivity contribution in [3.05, 3.63) is 69.8 Å². The largest absolute Gasteiger partial charge is 0.289 e. The predicted molar refractivity (Wildman–Crippen MR) is 131 cm³/mol. The van der Waals surface area contributed by atoms with E-state index in [9.17, 15) is 4.79 Å². The third kappa shape index (κ3) is 7.74. The molecule has 30 heavy (non-hydrogen) atoms. The quantitative estimate of drug-likeness (QED) is 0.288. The Bertz CT molecular complexity index is 669. The van der Waals surface area contributed by atoms with Crippen molar-refractivity contribution in [3.63, 3.8) is 0 Å². The topological polar surface area (TPSA) is 17.1 Å². The minimum absolute atomic E-state index is 0.196. The number of carbonyl (C=O) groups is 1. The molecule has 0 saturated heterocycles. The highest BCUT2D eigenvalue weighted by Crippen LogP contribution is 2.21. The van der Waals surface area contributed by atoms with Crippen molar-refractivity contribution in [1.82, 2.24) is 0 Å². The van der Waals surface area contributed by atoms with Gasteiger partial charge in [0.15, 0.2) is 5.78 Å². The standard InChI is InChI=1S/C29H42O/c1-5-9-13-23-17-24(14-10-6-2)20-27(19-23)29(30)28-21-25(15-11-7-3)18-26(22-28)16-12-8-4/h17-22H,5-16H2,1-4H3. The first-order valence-corrected chi connectivity index (χ1v) is 12.4. The fraction of sp³-hybridized carbons (Fsp3) is 0.552. The predicted octanol–water partition coefficient (Wildman–Crippen LogP) is 8.29. The molecule has 0 unspecified atom stereocenters. The van der Waals surface area contributed by atoms with Crippen molar-refractivity contribution >= 4 is 5.78 Å². The lowest BCUT2D eigenvalue weighted by Crippen LogP contribution is -2.06. The van der Waals surface area contributed by atoms with E-state index in [4.69, 9.17) is 0 Å². The van der Waals surface area contributed by atoms with Crippen LogP contribution in [0.1, 0.15) is 117 Å². The zero-order valence-electron chi connectivity index (χ0n) is 19.9. The second kappa shape index (κ2) is 13.4. The Morgan fingerprint density at radius 1 is 0.500 bits per heavy atom. The molecule has 1 nitrogen and oxygen atoms in total. The maximum atomic E-state index is 13.6. The Labute approximate surface area is 185 Å². The van der Waals surface area contributed by atoms with Crippen molar-refractivity contribution in [2.24, 2.45) is 0 Å². The zero-order valence-corrected chi connectivity index (χ0v) is 19.9. The van der Waals surface area contributed by atoms with Gasteiger partial charge in [-0.05, 0) is 97.9 Å². The van der Waals surface area contributed by atoms with Gasteiger partial charge in [-0.1, -0.05) is 65.5 Å². The Balaban J connectivity index is 2.38. The summed E-state index contributed by atoms with van der Waals surface area (Å²) in [7, 11) is 0. The molecule has 0 amide bonds. The van der Waals surface area contributed by atoms with Gasteiger partial charge in [0.2, 0.25) is 0 Å². The Morgan fingerprint density at radius 3 is 1.00 bits per heavy atom. The Hall–Kier alpha value is -1.89. The summed E-state index contributed by atoms with van der Waals surface area (Å²) < 4.78 is 0. The van der Waals surface area contributed by atoms with Crippen LogP contribution in [0, 0.1) is 0 Å². The zero-order chi connectivity index (χ0) is 21.8. The van der Waals surface area contributed by atoms with Gasteiger partial charge in [0.25, 0.3) is 0 Å². The van der Waals surface area contributed by atoms with E-state index in [1.807, 2.05) is 0 Å². The molecule has 0 aromatic heterocycles. The number of hydrogen-bond acceptors (Lipinski definition) is 1. The second-order valence-electron chi connectivity index (χ2n) is 8.82. The van der Waals surface area contributed by atoms with Crippen molar-refractivity contribution < 1.29 is 4.79 Å². The second-order valence-corrected chi connectivity index (χ2v) is 8.82. The van der Waals surface area contributed by atoms with Gasteiger partial charge >= 0.3 is 0 Å². The molecule has 0 bridgehead atoms. The van der Waals surface area contributed by atoms with Gasteiger partial charge in [0.1, 0.15) is 0 Å². The summed E-state index contributed by atoms with van der Waals surface area (Å²) in [6.45, 7) is 8.92. The lowest BCUT2D eigenvalue weighted by atomic mass is 9.92. The summed E-state index contributed by atoms with van der Waals surface area (Å²) >= 11 is 0. The molecule has 0 aliphatic rings. The van der Waals surface area contributed by atoms with E-state index in [0.29, 0.717) is 0 Å². The van der Waals surface area contributed by atoms with Gasteiger partial charge in [0, 0.05) is 11.1 Å². The maximum Gasteiger partial charge on any atom is 0.193 e. The number of benzene rings is 2. The van der Waals surface area contributed by atoms with Gasteiger partial charge in [-0.3, -0.25) is 4.79 Å². The molecule has 1 heteroatoms. The van der Waals surface area contributed by atoms with Crippen LogP contribution in [0.25, 0.3) is 0 Å². The normalized spacial score (nSPS) is 11.1. The van der Waals surface area contributed by atoms with Gasteiger partial charge in [-0.25, -0.2) is 0 Å². The first-order valence-electron chi connectivity index (χ1n) is 12.4. The summed E-state index contributed by atoms with van der Waals surface area (Å²) in [4.78, 5) is 13.6. The summed E-state index contributed by atoms with van der Waals surface area (Å²) in [5, 5.41) is 0. The Kier molecular flexibility index (Phi) is 10.9. The number of rotatable bonds is 14. The average Bonchev–Trinajstić information content (AvgIpc) is 2.77. The molecular weight excluding hydrogens is 364 g/mol. The molecule has 2 rings (SSSR count). The van der Waals surface area contributed by atoms with Gasteiger partial charge in [-0.2, -0.15) is 0 Å². The summed E-state index contributed by atoms with van der Waals surface area (Å²) in [5.74, 6) is 0.196. The first-order chi connectivity index (χ1) is 14.6.